The Balaban J connectivity index is 1.41. The van der Waals surface area contributed by atoms with Crippen molar-refractivity contribution in [1.82, 2.24) is 19.7 Å². The third-order valence-corrected chi connectivity index (χ3v) is 6.15. The lowest BCUT2D eigenvalue weighted by molar-refractivity contribution is 0.391. The van der Waals surface area contributed by atoms with Gasteiger partial charge in [0, 0.05) is 12.1 Å². The van der Waals surface area contributed by atoms with Crippen LogP contribution in [0.2, 0.25) is 0 Å². The smallest absolute Gasteiger partial charge is 0.262 e. The summed E-state index contributed by atoms with van der Waals surface area (Å²) in [5.74, 6) is 0.813. The van der Waals surface area contributed by atoms with Crippen molar-refractivity contribution in [3.05, 3.63) is 106 Å². The van der Waals surface area contributed by atoms with E-state index < -0.39 is 0 Å². The quantitative estimate of drug-likeness (QED) is 0.249. The molecule has 2 aromatic heterocycles. The van der Waals surface area contributed by atoms with Crippen molar-refractivity contribution in [2.45, 2.75) is 23.9 Å². The summed E-state index contributed by atoms with van der Waals surface area (Å²) in [6, 6.07) is 23.3. The van der Waals surface area contributed by atoms with Crippen molar-refractivity contribution >= 4 is 22.7 Å². The highest BCUT2D eigenvalue weighted by atomic mass is 32.2. The second kappa shape index (κ2) is 9.38. The van der Waals surface area contributed by atoms with E-state index in [1.54, 1.807) is 22.8 Å². The fourth-order valence-electron chi connectivity index (χ4n) is 3.50. The molecule has 0 aliphatic carbocycles. The number of rotatable bonds is 7. The Morgan fingerprint density at radius 1 is 0.909 bits per heavy atom. The van der Waals surface area contributed by atoms with E-state index in [2.05, 4.69) is 10.1 Å². The molecule has 0 bridgehead atoms. The largest absolute Gasteiger partial charge is 0.338 e. The van der Waals surface area contributed by atoms with Crippen molar-refractivity contribution in [2.24, 2.45) is 0 Å². The number of hydrogen-bond donors (Lipinski definition) is 0. The Morgan fingerprint density at radius 2 is 1.67 bits per heavy atom. The molecule has 0 fully saturated rings. The molecule has 0 saturated carbocycles. The summed E-state index contributed by atoms with van der Waals surface area (Å²) in [5, 5.41) is 5.17. The van der Waals surface area contributed by atoms with Gasteiger partial charge in [0.25, 0.3) is 5.56 Å². The maximum Gasteiger partial charge on any atom is 0.262 e. The maximum atomic E-state index is 13.2. The normalized spacial score (nSPS) is 11.2. The molecule has 0 aliphatic heterocycles. The van der Waals surface area contributed by atoms with Gasteiger partial charge in [-0.15, -0.1) is 0 Å². The van der Waals surface area contributed by atoms with Crippen LogP contribution >= 0.6 is 11.8 Å². The van der Waals surface area contributed by atoms with Gasteiger partial charge >= 0.3 is 0 Å². The second-order valence-electron chi connectivity index (χ2n) is 7.41. The zero-order valence-electron chi connectivity index (χ0n) is 17.5. The molecule has 0 N–H and O–H groups in total. The predicted octanol–water partition coefficient (Wildman–Crippen LogP) is 5.12. The summed E-state index contributed by atoms with van der Waals surface area (Å²) in [6.07, 6.45) is 0.712. The molecule has 33 heavy (non-hydrogen) atoms. The average molecular weight is 459 g/mol. The first-order valence-electron chi connectivity index (χ1n) is 10.4. The first-order chi connectivity index (χ1) is 16.2. The molecule has 6 nitrogen and oxygen atoms in total. The number of aromatic nitrogens is 4. The maximum absolute atomic E-state index is 13.2. The number of hydrogen-bond acceptors (Lipinski definition) is 6. The molecule has 0 aliphatic rings. The number of fused-ring (bicyclic) bond motifs is 1. The van der Waals surface area contributed by atoms with E-state index >= 15 is 0 Å². The van der Waals surface area contributed by atoms with Crippen LogP contribution in [0, 0.1) is 5.82 Å². The van der Waals surface area contributed by atoms with Gasteiger partial charge in [-0.25, -0.2) is 9.37 Å². The average Bonchev–Trinajstić information content (AvgIpc) is 3.32. The van der Waals surface area contributed by atoms with Gasteiger partial charge < -0.3 is 4.52 Å². The van der Waals surface area contributed by atoms with E-state index in [9.17, 15) is 9.18 Å². The SMILES string of the molecule is O=c1c2ccccc2nc(SCc2nc(-c3ccc(F)cc3)no2)n1CCc1ccccc1. The highest BCUT2D eigenvalue weighted by Gasteiger charge is 2.15. The lowest BCUT2D eigenvalue weighted by Crippen LogP contribution is -2.24. The summed E-state index contributed by atoms with van der Waals surface area (Å²) in [7, 11) is 0. The lowest BCUT2D eigenvalue weighted by Gasteiger charge is -2.12. The third-order valence-electron chi connectivity index (χ3n) is 5.19. The third kappa shape index (κ3) is 4.70. The molecule has 0 radical (unpaired) electrons. The number of nitrogens with zero attached hydrogens (tertiary/aromatic N) is 4. The Labute approximate surface area is 193 Å². The van der Waals surface area contributed by atoms with Crippen molar-refractivity contribution in [2.75, 3.05) is 0 Å². The summed E-state index contributed by atoms with van der Waals surface area (Å²) < 4.78 is 20.2. The molecule has 164 valence electrons. The Hall–Kier alpha value is -3.78. The van der Waals surface area contributed by atoms with Gasteiger partial charge in [0.1, 0.15) is 5.82 Å². The van der Waals surface area contributed by atoms with Crippen LogP contribution in [0.1, 0.15) is 11.5 Å². The van der Waals surface area contributed by atoms with Gasteiger partial charge in [-0.1, -0.05) is 59.4 Å². The zero-order valence-corrected chi connectivity index (χ0v) is 18.3. The Bertz CT molecular complexity index is 1450. The van der Waals surface area contributed by atoms with Crippen LogP contribution in [0.5, 0.6) is 0 Å². The molecule has 0 spiro atoms. The highest BCUT2D eigenvalue weighted by Crippen LogP contribution is 2.24. The number of halogens is 1. The van der Waals surface area contributed by atoms with Gasteiger partial charge in [-0.05, 0) is 48.4 Å². The second-order valence-corrected chi connectivity index (χ2v) is 8.35. The fraction of sp³-hybridized carbons (Fsp3) is 0.120. The molecule has 3 aromatic carbocycles. The van der Waals surface area contributed by atoms with E-state index in [4.69, 9.17) is 9.51 Å². The summed E-state index contributed by atoms with van der Waals surface area (Å²) in [5.41, 5.74) is 2.39. The monoisotopic (exact) mass is 458 g/mol. The molecule has 0 atom stereocenters. The molecule has 8 heteroatoms. The Kier molecular flexibility index (Phi) is 5.99. The van der Waals surface area contributed by atoms with Crippen LogP contribution < -0.4 is 5.56 Å². The zero-order chi connectivity index (χ0) is 22.6. The summed E-state index contributed by atoms with van der Waals surface area (Å²) in [4.78, 5) is 22.4. The molecular formula is C25H19FN4O2S. The first-order valence-corrected chi connectivity index (χ1v) is 11.4. The van der Waals surface area contributed by atoms with E-state index in [1.807, 2.05) is 48.5 Å². The van der Waals surface area contributed by atoms with Crippen molar-refractivity contribution in [1.29, 1.82) is 0 Å². The minimum atomic E-state index is -0.325. The van der Waals surface area contributed by atoms with Crippen LogP contribution in [-0.2, 0) is 18.7 Å². The predicted molar refractivity (Wildman–Crippen MR) is 125 cm³/mol. The first kappa shape index (κ1) is 21.1. The van der Waals surface area contributed by atoms with Crippen molar-refractivity contribution in [3.63, 3.8) is 0 Å². The number of benzene rings is 3. The van der Waals surface area contributed by atoms with Crippen LogP contribution in [0.15, 0.2) is 93.3 Å². The van der Waals surface area contributed by atoms with Gasteiger partial charge in [0.05, 0.1) is 16.7 Å². The van der Waals surface area contributed by atoms with Crippen LogP contribution in [-0.4, -0.2) is 19.7 Å². The van der Waals surface area contributed by atoms with Crippen molar-refractivity contribution < 1.29 is 8.91 Å². The van der Waals surface area contributed by atoms with E-state index in [0.717, 1.165) is 5.56 Å². The van der Waals surface area contributed by atoms with Crippen LogP contribution in [0.3, 0.4) is 0 Å². The number of aryl methyl sites for hydroxylation is 1. The molecule has 5 rings (SSSR count). The van der Waals surface area contributed by atoms with Gasteiger partial charge in [0.15, 0.2) is 5.16 Å². The molecule has 0 unspecified atom stereocenters. The topological polar surface area (TPSA) is 73.8 Å². The van der Waals surface area contributed by atoms with Crippen molar-refractivity contribution in [3.8, 4) is 11.4 Å². The molecular weight excluding hydrogens is 439 g/mol. The van der Waals surface area contributed by atoms with Crippen LogP contribution in [0.25, 0.3) is 22.3 Å². The molecule has 5 aromatic rings. The molecule has 0 saturated heterocycles. The summed E-state index contributed by atoms with van der Waals surface area (Å²) in [6.45, 7) is 0.508. The standard InChI is InChI=1S/C25H19FN4O2S/c26-19-12-10-18(11-13-19)23-28-22(32-29-23)16-33-25-27-21-9-5-4-8-20(21)24(31)30(25)15-14-17-6-2-1-3-7-17/h1-13H,14-16H2. The highest BCUT2D eigenvalue weighted by molar-refractivity contribution is 7.98. The number of para-hydroxylation sites is 1. The number of thioether (sulfide) groups is 1. The van der Waals surface area contributed by atoms with Gasteiger partial charge in [-0.3, -0.25) is 9.36 Å². The molecule has 2 heterocycles. The Morgan fingerprint density at radius 3 is 2.48 bits per heavy atom. The fourth-order valence-corrected chi connectivity index (χ4v) is 4.36. The molecule has 0 amide bonds. The van der Waals surface area contributed by atoms with E-state index in [-0.39, 0.29) is 11.4 Å². The van der Waals surface area contributed by atoms with Crippen LogP contribution in [0.4, 0.5) is 4.39 Å². The minimum absolute atomic E-state index is 0.0726. The summed E-state index contributed by atoms with van der Waals surface area (Å²) >= 11 is 1.37. The van der Waals surface area contributed by atoms with Gasteiger partial charge in [0.2, 0.25) is 11.7 Å². The van der Waals surface area contributed by atoms with E-state index in [1.165, 1.54) is 23.9 Å². The minimum Gasteiger partial charge on any atom is -0.338 e. The van der Waals surface area contributed by atoms with E-state index in [0.29, 0.717) is 52.1 Å². The van der Waals surface area contributed by atoms with Gasteiger partial charge in [-0.2, -0.15) is 4.98 Å². The lowest BCUT2D eigenvalue weighted by atomic mass is 10.1.